The topological polar surface area (TPSA) is 38.8 Å². The maximum Gasteiger partial charge on any atom is 0.257 e. The van der Waals surface area contributed by atoms with Crippen LogP contribution in [0.1, 0.15) is 42.1 Å². The fourth-order valence-corrected chi connectivity index (χ4v) is 3.73. The van der Waals surface area contributed by atoms with Gasteiger partial charge in [0.1, 0.15) is 12.4 Å². The maximum atomic E-state index is 13.0. The minimum atomic E-state index is 0.0773. The number of rotatable bonds is 9. The Morgan fingerprint density at radius 2 is 1.71 bits per heavy atom. The van der Waals surface area contributed by atoms with Crippen LogP contribution in [-0.2, 0) is 11.2 Å². The Morgan fingerprint density at radius 1 is 1.00 bits per heavy atom. The average Bonchev–Trinajstić information content (AvgIpc) is 2.76. The highest BCUT2D eigenvalue weighted by Gasteiger charge is 2.25. The summed E-state index contributed by atoms with van der Waals surface area (Å²) in [7, 11) is 0. The number of amides is 1. The first-order valence-corrected chi connectivity index (χ1v) is 10.4. The molecular weight excluding hydrogens is 350 g/mol. The summed E-state index contributed by atoms with van der Waals surface area (Å²) >= 11 is 0. The number of carbonyl (C=O) groups excluding carboxylic acids is 1. The van der Waals surface area contributed by atoms with E-state index in [4.69, 9.17) is 9.47 Å². The first kappa shape index (κ1) is 20.4. The van der Waals surface area contributed by atoms with Crippen molar-refractivity contribution in [1.82, 2.24) is 4.90 Å². The lowest BCUT2D eigenvalue weighted by Crippen LogP contribution is -2.38. The van der Waals surface area contributed by atoms with Crippen molar-refractivity contribution in [3.8, 4) is 5.75 Å². The predicted octanol–water partition coefficient (Wildman–Crippen LogP) is 4.59. The quantitative estimate of drug-likeness (QED) is 0.597. The summed E-state index contributed by atoms with van der Waals surface area (Å²) in [5.74, 6) is 1.42. The van der Waals surface area contributed by atoms with Gasteiger partial charge in [0.15, 0.2) is 0 Å². The van der Waals surface area contributed by atoms with E-state index in [0.29, 0.717) is 37.1 Å². The van der Waals surface area contributed by atoms with Crippen LogP contribution in [0.5, 0.6) is 5.75 Å². The minimum Gasteiger partial charge on any atom is -0.490 e. The Hall–Kier alpha value is -2.33. The maximum absolute atomic E-state index is 13.0. The Balaban J connectivity index is 1.49. The van der Waals surface area contributed by atoms with Crippen molar-refractivity contribution < 1.29 is 14.3 Å². The third-order valence-electron chi connectivity index (χ3n) is 5.39. The van der Waals surface area contributed by atoms with E-state index in [1.165, 1.54) is 12.0 Å². The second kappa shape index (κ2) is 10.9. The molecule has 0 spiro atoms. The van der Waals surface area contributed by atoms with E-state index in [1.807, 2.05) is 36.1 Å². The van der Waals surface area contributed by atoms with Crippen LogP contribution < -0.4 is 4.74 Å². The van der Waals surface area contributed by atoms with Crippen LogP contribution in [0.2, 0.25) is 0 Å². The highest BCUT2D eigenvalue weighted by molar-refractivity contribution is 5.97. The molecule has 0 bridgehead atoms. The molecule has 0 aromatic heterocycles. The highest BCUT2D eigenvalue weighted by Crippen LogP contribution is 2.26. The standard InChI is InChI=1S/C24H31NO3/c1-2-27-18-19-28-23-11-7-6-10-22(23)24(26)25-16-14-21(15-17-25)13-12-20-8-4-3-5-9-20/h3-11,21H,2,12-19H2,1H3. The number of aryl methyl sites for hydroxylation is 1. The Bertz CT molecular complexity index is 724. The van der Waals surface area contributed by atoms with Gasteiger partial charge in [-0.3, -0.25) is 4.79 Å². The molecule has 2 aromatic rings. The Morgan fingerprint density at radius 3 is 2.46 bits per heavy atom. The van der Waals surface area contributed by atoms with Crippen molar-refractivity contribution in [3.63, 3.8) is 0 Å². The van der Waals surface area contributed by atoms with Gasteiger partial charge in [-0.1, -0.05) is 42.5 Å². The van der Waals surface area contributed by atoms with Gasteiger partial charge in [0.2, 0.25) is 0 Å². The van der Waals surface area contributed by atoms with Crippen molar-refractivity contribution in [2.75, 3.05) is 32.9 Å². The molecule has 150 valence electrons. The summed E-state index contributed by atoms with van der Waals surface area (Å²) < 4.78 is 11.1. The van der Waals surface area contributed by atoms with Crippen LogP contribution in [-0.4, -0.2) is 43.7 Å². The number of ether oxygens (including phenoxy) is 2. The smallest absolute Gasteiger partial charge is 0.257 e. The molecule has 0 N–H and O–H groups in total. The molecule has 2 aromatic carbocycles. The molecular formula is C24H31NO3. The molecule has 4 heteroatoms. The lowest BCUT2D eigenvalue weighted by atomic mass is 9.90. The zero-order valence-electron chi connectivity index (χ0n) is 16.8. The van der Waals surface area contributed by atoms with Gasteiger partial charge in [0.25, 0.3) is 5.91 Å². The molecule has 0 radical (unpaired) electrons. The summed E-state index contributed by atoms with van der Waals surface area (Å²) in [4.78, 5) is 15.0. The number of hydrogen-bond acceptors (Lipinski definition) is 3. The van der Waals surface area contributed by atoms with Gasteiger partial charge in [-0.25, -0.2) is 0 Å². The van der Waals surface area contributed by atoms with Crippen LogP contribution in [0.15, 0.2) is 54.6 Å². The number of hydrogen-bond donors (Lipinski definition) is 0. The number of benzene rings is 2. The molecule has 0 saturated carbocycles. The second-order valence-corrected chi connectivity index (χ2v) is 7.30. The summed E-state index contributed by atoms with van der Waals surface area (Å²) in [6, 6.07) is 18.2. The lowest BCUT2D eigenvalue weighted by Gasteiger charge is -2.32. The van der Waals surface area contributed by atoms with Gasteiger partial charge in [0, 0.05) is 19.7 Å². The lowest BCUT2D eigenvalue weighted by molar-refractivity contribution is 0.0677. The molecule has 1 heterocycles. The van der Waals surface area contributed by atoms with Crippen molar-refractivity contribution in [1.29, 1.82) is 0 Å². The number of para-hydroxylation sites is 1. The fraction of sp³-hybridized carbons (Fsp3) is 0.458. The fourth-order valence-electron chi connectivity index (χ4n) is 3.73. The molecule has 3 rings (SSSR count). The summed E-state index contributed by atoms with van der Waals surface area (Å²) in [6.07, 6.45) is 4.47. The Labute approximate surface area is 168 Å². The largest absolute Gasteiger partial charge is 0.490 e. The van der Waals surface area contributed by atoms with Gasteiger partial charge in [-0.15, -0.1) is 0 Å². The highest BCUT2D eigenvalue weighted by atomic mass is 16.5. The van der Waals surface area contributed by atoms with E-state index in [2.05, 4.69) is 30.3 Å². The summed E-state index contributed by atoms with van der Waals surface area (Å²) in [5.41, 5.74) is 2.06. The van der Waals surface area contributed by atoms with Gasteiger partial charge < -0.3 is 14.4 Å². The second-order valence-electron chi connectivity index (χ2n) is 7.30. The van der Waals surface area contributed by atoms with Crippen LogP contribution in [0.3, 0.4) is 0 Å². The van der Waals surface area contributed by atoms with Gasteiger partial charge in [-0.2, -0.15) is 0 Å². The average molecular weight is 382 g/mol. The molecule has 28 heavy (non-hydrogen) atoms. The van der Waals surface area contributed by atoms with Gasteiger partial charge in [-0.05, 0) is 56.2 Å². The molecule has 0 unspecified atom stereocenters. The van der Waals surface area contributed by atoms with Gasteiger partial charge >= 0.3 is 0 Å². The van der Waals surface area contributed by atoms with Gasteiger partial charge in [0.05, 0.1) is 12.2 Å². The number of nitrogens with zero attached hydrogens (tertiary/aromatic N) is 1. The van der Waals surface area contributed by atoms with Crippen molar-refractivity contribution in [3.05, 3.63) is 65.7 Å². The third-order valence-corrected chi connectivity index (χ3v) is 5.39. The van der Waals surface area contributed by atoms with E-state index in [9.17, 15) is 4.79 Å². The van der Waals surface area contributed by atoms with Crippen LogP contribution in [0.4, 0.5) is 0 Å². The van der Waals surface area contributed by atoms with Crippen LogP contribution in [0, 0.1) is 5.92 Å². The number of likely N-dealkylation sites (tertiary alicyclic amines) is 1. The normalized spacial score (nSPS) is 14.8. The summed E-state index contributed by atoms with van der Waals surface area (Å²) in [5, 5.41) is 0. The molecule has 4 nitrogen and oxygen atoms in total. The van der Waals surface area contributed by atoms with E-state index in [1.54, 1.807) is 0 Å². The molecule has 1 fully saturated rings. The van der Waals surface area contributed by atoms with Crippen molar-refractivity contribution in [2.45, 2.75) is 32.6 Å². The van der Waals surface area contributed by atoms with E-state index in [0.717, 1.165) is 32.4 Å². The predicted molar refractivity (Wildman–Crippen MR) is 112 cm³/mol. The first-order chi connectivity index (χ1) is 13.8. The zero-order chi connectivity index (χ0) is 19.6. The van der Waals surface area contributed by atoms with E-state index >= 15 is 0 Å². The third kappa shape index (κ3) is 5.83. The van der Waals surface area contributed by atoms with E-state index < -0.39 is 0 Å². The molecule has 1 aliphatic rings. The molecule has 1 amide bonds. The van der Waals surface area contributed by atoms with Crippen LogP contribution in [0.25, 0.3) is 0 Å². The first-order valence-electron chi connectivity index (χ1n) is 10.4. The Kier molecular flexibility index (Phi) is 7.92. The molecule has 1 saturated heterocycles. The minimum absolute atomic E-state index is 0.0773. The molecule has 0 aliphatic carbocycles. The van der Waals surface area contributed by atoms with E-state index in [-0.39, 0.29) is 5.91 Å². The monoisotopic (exact) mass is 381 g/mol. The summed E-state index contributed by atoms with van der Waals surface area (Å²) in [6.45, 7) is 5.27. The zero-order valence-corrected chi connectivity index (χ0v) is 16.8. The van der Waals surface area contributed by atoms with Crippen molar-refractivity contribution in [2.24, 2.45) is 5.92 Å². The van der Waals surface area contributed by atoms with Crippen LogP contribution >= 0.6 is 0 Å². The SMILES string of the molecule is CCOCCOc1ccccc1C(=O)N1CCC(CCc2ccccc2)CC1. The molecule has 0 atom stereocenters. The number of piperidine rings is 1. The van der Waals surface area contributed by atoms with Crippen molar-refractivity contribution >= 4 is 5.91 Å². The number of carbonyl (C=O) groups is 1. The molecule has 1 aliphatic heterocycles.